The zero-order valence-electron chi connectivity index (χ0n) is 19.1. The first-order valence-corrected chi connectivity index (χ1v) is 14.8. The van der Waals surface area contributed by atoms with E-state index in [0.717, 1.165) is 5.92 Å². The number of rotatable bonds is 2. The van der Waals surface area contributed by atoms with Gasteiger partial charge in [0.05, 0.1) is 0 Å². The molecule has 0 radical (unpaired) electrons. The van der Waals surface area contributed by atoms with Crippen LogP contribution in [0.3, 0.4) is 0 Å². The summed E-state index contributed by atoms with van der Waals surface area (Å²) in [6, 6.07) is 0. The van der Waals surface area contributed by atoms with Crippen LogP contribution >= 0.6 is 0 Å². The summed E-state index contributed by atoms with van der Waals surface area (Å²) in [7, 11) is 0.270. The predicted octanol–water partition coefficient (Wildman–Crippen LogP) is -1.39. The number of piperidine rings is 1. The van der Waals surface area contributed by atoms with Crippen molar-refractivity contribution < 1.29 is 73.1 Å². The Kier molecular flexibility index (Phi) is 15.2. The molecule has 1 N–H and O–H groups in total. The molecule has 1 aliphatic rings. The number of hydrogen-bond donors (Lipinski definition) is 1. The van der Waals surface area contributed by atoms with Gasteiger partial charge < -0.3 is 12.4 Å². The van der Waals surface area contributed by atoms with Gasteiger partial charge in [-0.05, 0) is 46.2 Å². The molecular formula is C15H40KLiN2Si2. The Labute approximate surface area is 194 Å². The Balaban J connectivity index is -0.0000000804. The van der Waals surface area contributed by atoms with Crippen LogP contribution in [0, 0.1) is 5.92 Å². The summed E-state index contributed by atoms with van der Waals surface area (Å²) in [4.78, 5) is 2.47. The van der Waals surface area contributed by atoms with Crippen LogP contribution in [0.25, 0.3) is 0 Å². The van der Waals surface area contributed by atoms with Crippen molar-refractivity contribution in [2.24, 2.45) is 5.92 Å². The van der Waals surface area contributed by atoms with E-state index in [2.05, 4.69) is 76.6 Å². The largest absolute Gasteiger partial charge is 1.00 e. The molecule has 1 unspecified atom stereocenters. The summed E-state index contributed by atoms with van der Waals surface area (Å²) in [6.07, 6.45) is 2.78. The van der Waals surface area contributed by atoms with E-state index in [0.29, 0.717) is 5.54 Å². The Bertz CT molecular complexity index is 262. The van der Waals surface area contributed by atoms with Crippen molar-refractivity contribution >= 4 is 16.5 Å². The van der Waals surface area contributed by atoms with Gasteiger partial charge in [-0.2, -0.15) is 0 Å². The van der Waals surface area contributed by atoms with Gasteiger partial charge in [0.1, 0.15) is 16.5 Å². The standard InChI is InChI=1S/C9H19N.C6H19NSi2.K.Li.2H/c1-8-6-5-7-10(4)9(8,2)3;1-8(2,3)7-9(4,5)6;;;;/h8H,5-7H2,1-4H3;7H,1-6H3;;;;/q;;2*+1;2*-1. The smallest absolute Gasteiger partial charge is 1.00 e. The molecule has 0 aromatic carbocycles. The molecule has 0 aromatic rings. The van der Waals surface area contributed by atoms with Gasteiger partial charge in [-0.3, -0.25) is 0 Å². The van der Waals surface area contributed by atoms with E-state index in [-0.39, 0.29) is 73.1 Å². The van der Waals surface area contributed by atoms with Crippen LogP contribution in [-0.4, -0.2) is 40.5 Å². The monoisotopic (exact) mass is 350 g/mol. The zero-order valence-corrected chi connectivity index (χ0v) is 22.3. The van der Waals surface area contributed by atoms with Crippen LogP contribution in [0.1, 0.15) is 36.5 Å². The second-order valence-electron chi connectivity index (χ2n) is 8.74. The third-order valence-electron chi connectivity index (χ3n) is 4.07. The summed E-state index contributed by atoms with van der Waals surface area (Å²) in [5, 5.41) is 0. The van der Waals surface area contributed by atoms with Crippen LogP contribution in [0.5, 0.6) is 0 Å². The van der Waals surface area contributed by atoms with E-state index in [1.807, 2.05) is 0 Å². The quantitative estimate of drug-likeness (QED) is 0.617. The first-order valence-electron chi connectivity index (χ1n) is 7.76. The number of nitrogens with zero attached hydrogens (tertiary/aromatic N) is 1. The van der Waals surface area contributed by atoms with E-state index in [9.17, 15) is 0 Å². The Morgan fingerprint density at radius 1 is 1.05 bits per heavy atom. The second kappa shape index (κ2) is 11.3. The normalized spacial score (nSPS) is 22.3. The van der Waals surface area contributed by atoms with Gasteiger partial charge in [0, 0.05) is 5.54 Å². The van der Waals surface area contributed by atoms with Crippen LogP contribution in [0.15, 0.2) is 0 Å². The summed E-state index contributed by atoms with van der Waals surface area (Å²) in [5.74, 6) is 0.853. The minimum Gasteiger partial charge on any atom is -1.00 e. The van der Waals surface area contributed by atoms with Gasteiger partial charge >= 0.3 is 70.2 Å². The molecule has 1 aliphatic heterocycles. The number of likely N-dealkylation sites (tertiary alicyclic amines) is 1. The SMILES string of the molecule is CC1CCCN(C)C1(C)C.C[Si](C)(C)N[Si](C)(C)C.[H-].[H-].[K+].[Li+]. The summed E-state index contributed by atoms with van der Waals surface area (Å²) in [5.41, 5.74) is 0.429. The van der Waals surface area contributed by atoms with Crippen LogP contribution in [0.4, 0.5) is 0 Å². The third-order valence-corrected chi connectivity index (χ3v) is 10.1. The minimum absolute atomic E-state index is 0. The van der Waals surface area contributed by atoms with Crippen molar-refractivity contribution in [1.82, 2.24) is 9.55 Å². The van der Waals surface area contributed by atoms with Gasteiger partial charge in [-0.25, -0.2) is 0 Å². The summed E-state index contributed by atoms with van der Waals surface area (Å²) < 4.78 is 3.74. The van der Waals surface area contributed by atoms with Crippen molar-refractivity contribution in [3.8, 4) is 0 Å². The number of nitrogens with one attached hydrogen (secondary N) is 1. The maximum Gasteiger partial charge on any atom is 1.00 e. The average Bonchev–Trinajstić information content (AvgIpc) is 2.09. The number of hydrogen-bond acceptors (Lipinski definition) is 2. The Morgan fingerprint density at radius 3 is 1.62 bits per heavy atom. The molecule has 0 aliphatic carbocycles. The van der Waals surface area contributed by atoms with Gasteiger partial charge in [0.25, 0.3) is 0 Å². The van der Waals surface area contributed by atoms with Crippen LogP contribution in [-0.2, 0) is 0 Å². The van der Waals surface area contributed by atoms with Gasteiger partial charge in [-0.1, -0.05) is 46.2 Å². The van der Waals surface area contributed by atoms with Gasteiger partial charge in [-0.15, -0.1) is 0 Å². The van der Waals surface area contributed by atoms with E-state index in [4.69, 9.17) is 0 Å². The molecule has 0 spiro atoms. The van der Waals surface area contributed by atoms with E-state index < -0.39 is 16.5 Å². The van der Waals surface area contributed by atoms with E-state index >= 15 is 0 Å². The molecular weight excluding hydrogens is 310 g/mol. The van der Waals surface area contributed by atoms with Gasteiger partial charge in [0.15, 0.2) is 0 Å². The van der Waals surface area contributed by atoms with Crippen molar-refractivity contribution in [2.45, 2.75) is 78.4 Å². The molecule has 2 nitrogen and oxygen atoms in total. The first kappa shape index (κ1) is 28.4. The second-order valence-corrected chi connectivity index (χ2v) is 18.7. The fraction of sp³-hybridized carbons (Fsp3) is 1.00. The first-order chi connectivity index (χ1) is 8.26. The fourth-order valence-electron chi connectivity index (χ4n) is 2.78. The predicted molar refractivity (Wildman–Crippen MR) is 97.2 cm³/mol. The molecule has 1 fully saturated rings. The maximum absolute atomic E-state index is 3.74. The molecule has 1 heterocycles. The fourth-order valence-corrected chi connectivity index (χ4v) is 11.8. The van der Waals surface area contributed by atoms with E-state index in [1.54, 1.807) is 0 Å². The van der Waals surface area contributed by atoms with Crippen molar-refractivity contribution in [2.75, 3.05) is 13.6 Å². The van der Waals surface area contributed by atoms with Crippen LogP contribution < -0.4 is 74.9 Å². The van der Waals surface area contributed by atoms with Gasteiger partial charge in [0.2, 0.25) is 0 Å². The average molecular weight is 351 g/mol. The summed E-state index contributed by atoms with van der Waals surface area (Å²) >= 11 is 0. The molecule has 0 amide bonds. The maximum atomic E-state index is 3.74. The van der Waals surface area contributed by atoms with Crippen LogP contribution in [0.2, 0.25) is 39.3 Å². The molecule has 0 aromatic heterocycles. The molecule has 21 heavy (non-hydrogen) atoms. The molecule has 1 rings (SSSR count). The Morgan fingerprint density at radius 2 is 1.43 bits per heavy atom. The zero-order chi connectivity index (χ0) is 15.5. The summed E-state index contributed by atoms with van der Waals surface area (Å²) in [6.45, 7) is 22.4. The molecule has 120 valence electrons. The molecule has 1 saturated heterocycles. The minimum atomic E-state index is -0.981. The molecule has 6 heteroatoms. The molecule has 0 saturated carbocycles. The third kappa shape index (κ3) is 13.5. The van der Waals surface area contributed by atoms with Crippen molar-refractivity contribution in [3.05, 3.63) is 0 Å². The van der Waals surface area contributed by atoms with Crippen molar-refractivity contribution in [3.63, 3.8) is 0 Å². The molecule has 0 bridgehead atoms. The van der Waals surface area contributed by atoms with E-state index in [1.165, 1.54) is 19.4 Å². The topological polar surface area (TPSA) is 15.3 Å². The Hall–Kier alpha value is 2.59. The molecule has 1 atom stereocenters. The van der Waals surface area contributed by atoms with Crippen molar-refractivity contribution in [1.29, 1.82) is 0 Å².